The number of hydrogen-bond acceptors (Lipinski definition) is 5. The van der Waals surface area contributed by atoms with Gasteiger partial charge in [0.15, 0.2) is 5.75 Å². The molecule has 1 saturated heterocycles. The Hall–Kier alpha value is -2.21. The number of alkyl halides is 3. The van der Waals surface area contributed by atoms with Crippen molar-refractivity contribution in [3.05, 3.63) is 57.6 Å². The highest BCUT2D eigenvalue weighted by Crippen LogP contribution is 2.32. The van der Waals surface area contributed by atoms with Gasteiger partial charge in [0.05, 0.1) is 5.69 Å². The van der Waals surface area contributed by atoms with Crippen molar-refractivity contribution in [2.24, 2.45) is 0 Å². The number of piperazine rings is 1. The highest BCUT2D eigenvalue weighted by Gasteiger charge is 2.33. The van der Waals surface area contributed by atoms with Crippen molar-refractivity contribution in [2.45, 2.75) is 12.9 Å². The molecule has 1 N–H and O–H groups in total. The number of halogens is 5. The largest absolute Gasteiger partial charge is 0.573 e. The van der Waals surface area contributed by atoms with Gasteiger partial charge >= 0.3 is 6.36 Å². The van der Waals surface area contributed by atoms with E-state index in [4.69, 9.17) is 23.2 Å². The lowest BCUT2D eigenvalue weighted by Crippen LogP contribution is -2.48. The van der Waals surface area contributed by atoms with E-state index in [1.807, 2.05) is 10.8 Å². The van der Waals surface area contributed by atoms with E-state index in [1.165, 1.54) is 11.0 Å². The Morgan fingerprint density at radius 2 is 1.75 bits per heavy atom. The first-order valence-corrected chi connectivity index (χ1v) is 11.2. The minimum atomic E-state index is -5.05. The molecule has 1 heterocycles. The van der Waals surface area contributed by atoms with E-state index < -0.39 is 34.6 Å². The highest BCUT2D eigenvalue weighted by molar-refractivity contribution is 7.73. The normalized spacial score (nSPS) is 15.1. The predicted molar refractivity (Wildman–Crippen MR) is 115 cm³/mol. The molecule has 0 atom stereocenters. The summed E-state index contributed by atoms with van der Waals surface area (Å²) in [6, 6.07) is 8.39. The van der Waals surface area contributed by atoms with Gasteiger partial charge in [0, 0.05) is 48.3 Å². The molecular weight excluding hydrogens is 494 g/mol. The molecule has 0 aliphatic carbocycles. The maximum absolute atomic E-state index is 12.8. The van der Waals surface area contributed by atoms with Crippen molar-refractivity contribution in [3.63, 3.8) is 0 Å². The van der Waals surface area contributed by atoms with E-state index in [9.17, 15) is 26.4 Å². The molecular formula is C19H18Cl2F3N3O4S. The molecule has 1 aliphatic rings. The Morgan fingerprint density at radius 1 is 1.06 bits per heavy atom. The third kappa shape index (κ3) is 6.64. The number of carbonyl (C=O) groups excluding carboxylic acids is 1. The van der Waals surface area contributed by atoms with Crippen molar-refractivity contribution < 1.29 is 31.1 Å². The molecule has 0 saturated carbocycles. The Kier molecular flexibility index (Phi) is 7.75. The molecule has 0 bridgehead atoms. The van der Waals surface area contributed by atoms with E-state index in [0.717, 1.165) is 17.7 Å². The lowest BCUT2D eigenvalue weighted by atomic mass is 10.1. The summed E-state index contributed by atoms with van der Waals surface area (Å²) in [7, 11) is -3.22. The summed E-state index contributed by atoms with van der Waals surface area (Å²) in [5.74, 6) is -1.29. The van der Waals surface area contributed by atoms with Gasteiger partial charge in [0.2, 0.25) is 10.9 Å². The van der Waals surface area contributed by atoms with Crippen LogP contribution in [0, 0.1) is 0 Å². The number of nitrogens with one attached hydrogen (secondary N) is 1. The number of thiol groups is 1. The standard InChI is InChI=1S/C19H18Cl2F3N3O4S/c20-14-3-1-13(15(21)10-14)11-26-5-7-27(8-6-26)18(28)12-2-4-16(25-32(29)30)17(9-12)31-19(22,23)24/h1-4,9-10,32H,5-8,11H2,(H,25,29,30). The molecule has 2 aromatic carbocycles. The molecule has 0 spiro atoms. The molecule has 1 amide bonds. The van der Waals surface area contributed by atoms with E-state index in [1.54, 1.807) is 12.1 Å². The van der Waals surface area contributed by atoms with Crippen LogP contribution in [0.2, 0.25) is 10.0 Å². The fraction of sp³-hybridized carbons (Fsp3) is 0.316. The second-order valence-corrected chi connectivity index (χ2v) is 8.51. The summed E-state index contributed by atoms with van der Waals surface area (Å²) in [6.07, 6.45) is -5.05. The maximum atomic E-state index is 12.8. The van der Waals surface area contributed by atoms with Crippen LogP contribution in [0.5, 0.6) is 5.75 Å². The minimum absolute atomic E-state index is 0.0508. The zero-order valence-electron chi connectivity index (χ0n) is 16.4. The third-order valence-corrected chi connectivity index (χ3v) is 5.74. The highest BCUT2D eigenvalue weighted by atomic mass is 35.5. The average molecular weight is 512 g/mol. The molecule has 3 rings (SSSR count). The summed E-state index contributed by atoms with van der Waals surface area (Å²) in [5.41, 5.74) is 0.425. The second kappa shape index (κ2) is 10.2. The molecule has 1 fully saturated rings. The quantitative estimate of drug-likeness (QED) is 0.577. The van der Waals surface area contributed by atoms with Crippen LogP contribution >= 0.6 is 23.2 Å². The van der Waals surface area contributed by atoms with E-state index >= 15 is 0 Å². The van der Waals surface area contributed by atoms with Crippen LogP contribution in [-0.2, 0) is 17.4 Å². The Balaban J connectivity index is 1.68. The smallest absolute Gasteiger partial charge is 0.404 e. The predicted octanol–water partition coefficient (Wildman–Crippen LogP) is 3.79. The van der Waals surface area contributed by atoms with Gasteiger partial charge in [0.1, 0.15) is 0 Å². The number of benzene rings is 2. The maximum Gasteiger partial charge on any atom is 0.573 e. The van der Waals surface area contributed by atoms with Crippen molar-refractivity contribution >= 4 is 45.7 Å². The van der Waals surface area contributed by atoms with Gasteiger partial charge in [-0.2, -0.15) is 0 Å². The van der Waals surface area contributed by atoms with Crippen molar-refractivity contribution in [1.29, 1.82) is 0 Å². The number of amides is 1. The fourth-order valence-corrected chi connectivity index (χ4v) is 4.09. The Labute approximate surface area is 193 Å². The third-order valence-electron chi connectivity index (χ3n) is 4.73. The van der Waals surface area contributed by atoms with E-state index in [0.29, 0.717) is 42.8 Å². The molecule has 1 aliphatic heterocycles. The summed E-state index contributed by atoms with van der Waals surface area (Å²) in [4.78, 5) is 16.4. The van der Waals surface area contributed by atoms with Crippen LogP contribution in [0.1, 0.15) is 15.9 Å². The minimum Gasteiger partial charge on any atom is -0.404 e. The van der Waals surface area contributed by atoms with Gasteiger partial charge in [-0.3, -0.25) is 14.4 Å². The Morgan fingerprint density at radius 3 is 2.34 bits per heavy atom. The van der Waals surface area contributed by atoms with E-state index in [-0.39, 0.29) is 5.56 Å². The molecule has 32 heavy (non-hydrogen) atoms. The van der Waals surface area contributed by atoms with Crippen LogP contribution in [-0.4, -0.2) is 56.7 Å². The first-order chi connectivity index (χ1) is 15.0. The van der Waals surface area contributed by atoms with Crippen molar-refractivity contribution in [2.75, 3.05) is 30.9 Å². The average Bonchev–Trinajstić information content (AvgIpc) is 2.70. The zero-order valence-corrected chi connectivity index (χ0v) is 18.8. The first-order valence-electron chi connectivity index (χ1n) is 9.28. The number of anilines is 1. The molecule has 13 heteroatoms. The molecule has 0 unspecified atom stereocenters. The number of ether oxygens (including phenoxy) is 1. The van der Waals surface area contributed by atoms with Crippen LogP contribution in [0.15, 0.2) is 36.4 Å². The van der Waals surface area contributed by atoms with Crippen LogP contribution in [0.4, 0.5) is 18.9 Å². The monoisotopic (exact) mass is 511 g/mol. The lowest BCUT2D eigenvalue weighted by Gasteiger charge is -2.35. The first kappa shape index (κ1) is 24.4. The second-order valence-electron chi connectivity index (χ2n) is 6.93. The molecule has 0 aromatic heterocycles. The Bertz CT molecular complexity index is 1070. The number of nitrogens with zero attached hydrogens (tertiary/aromatic N) is 2. The van der Waals surface area contributed by atoms with Gasteiger partial charge in [-0.05, 0) is 35.9 Å². The molecule has 0 radical (unpaired) electrons. The van der Waals surface area contributed by atoms with E-state index in [2.05, 4.69) is 9.64 Å². The zero-order chi connectivity index (χ0) is 23.5. The number of rotatable bonds is 6. The summed E-state index contributed by atoms with van der Waals surface area (Å²) < 4.78 is 65.5. The fourth-order valence-electron chi connectivity index (χ4n) is 3.24. The van der Waals surface area contributed by atoms with Crippen LogP contribution in [0.25, 0.3) is 0 Å². The van der Waals surface area contributed by atoms with Crippen LogP contribution in [0.3, 0.4) is 0 Å². The number of carbonyl (C=O) groups is 1. The lowest BCUT2D eigenvalue weighted by molar-refractivity contribution is -0.274. The van der Waals surface area contributed by atoms with Gasteiger partial charge in [-0.25, -0.2) is 8.42 Å². The van der Waals surface area contributed by atoms with Gasteiger partial charge in [0.25, 0.3) is 5.91 Å². The van der Waals surface area contributed by atoms with Gasteiger partial charge in [-0.1, -0.05) is 29.3 Å². The summed E-state index contributed by atoms with van der Waals surface area (Å²) >= 11 is 12.1. The van der Waals surface area contributed by atoms with Crippen LogP contribution < -0.4 is 9.46 Å². The molecule has 7 nitrogen and oxygen atoms in total. The van der Waals surface area contributed by atoms with Crippen molar-refractivity contribution in [3.8, 4) is 5.75 Å². The van der Waals surface area contributed by atoms with Crippen molar-refractivity contribution in [1.82, 2.24) is 9.80 Å². The topological polar surface area (TPSA) is 78.9 Å². The summed E-state index contributed by atoms with van der Waals surface area (Å²) in [5, 5.41) is 1.08. The van der Waals surface area contributed by atoms with Gasteiger partial charge < -0.3 is 9.64 Å². The molecule has 2 aromatic rings. The molecule has 174 valence electrons. The number of hydrogen-bond donors (Lipinski definition) is 2. The SMILES string of the molecule is O=C(c1ccc(N[SH](=O)=O)c(OC(F)(F)F)c1)N1CCN(Cc2ccc(Cl)cc2Cl)CC1. The van der Waals surface area contributed by atoms with Gasteiger partial charge in [-0.15, -0.1) is 13.2 Å². The summed E-state index contributed by atoms with van der Waals surface area (Å²) in [6.45, 7) is 2.34.